The molecular formula is C41H58IO2P. The summed E-state index contributed by atoms with van der Waals surface area (Å²) in [5.41, 5.74) is 0. The van der Waals surface area contributed by atoms with Gasteiger partial charge in [-0.05, 0) is 32.1 Å². The van der Waals surface area contributed by atoms with Crippen LogP contribution in [-0.4, -0.2) is 24.2 Å². The molecule has 0 N–H and O–H groups in total. The first-order valence-electron chi connectivity index (χ1n) is 16.8. The number of rotatable bonds is 12. The van der Waals surface area contributed by atoms with Crippen LogP contribution in [0.2, 0.25) is 0 Å². The van der Waals surface area contributed by atoms with Crippen LogP contribution in [-0.2, 0) is 9.47 Å². The van der Waals surface area contributed by atoms with E-state index in [0.717, 1.165) is 6.42 Å². The molecule has 0 aromatic heterocycles. The van der Waals surface area contributed by atoms with Crippen LogP contribution >= 0.6 is 26.3 Å². The third-order valence-corrected chi connectivity index (χ3v) is 21.1. The predicted molar refractivity (Wildman–Crippen MR) is 209 cm³/mol. The van der Waals surface area contributed by atoms with Gasteiger partial charge in [-0.3, -0.25) is 0 Å². The average molecular weight is 741 g/mol. The summed E-state index contributed by atoms with van der Waals surface area (Å²) in [4.78, 5) is 0. The third-order valence-electron chi connectivity index (χ3n) is 9.56. The number of benzene rings is 3. The Morgan fingerprint density at radius 1 is 0.711 bits per heavy atom. The van der Waals surface area contributed by atoms with Crippen LogP contribution in [0.4, 0.5) is 0 Å². The maximum absolute atomic E-state index is 6.05. The van der Waals surface area contributed by atoms with Crippen LogP contribution in [0, 0.1) is 29.6 Å². The van der Waals surface area contributed by atoms with Crippen molar-refractivity contribution in [2.45, 2.75) is 86.7 Å². The fraction of sp³-hybridized carbons (Fsp3) is 0.463. The molecule has 0 bridgehead atoms. The van der Waals surface area contributed by atoms with Crippen molar-refractivity contribution >= 4 is 42.2 Å². The Morgan fingerprint density at radius 2 is 1.16 bits per heavy atom. The van der Waals surface area contributed by atoms with E-state index in [9.17, 15) is 0 Å². The third kappa shape index (κ3) is 9.19. The molecule has 1 heterocycles. The van der Waals surface area contributed by atoms with E-state index in [1.165, 1.54) is 22.1 Å². The Bertz CT molecular complexity index is 1240. The molecule has 0 unspecified atom stereocenters. The van der Waals surface area contributed by atoms with E-state index in [2.05, 4.69) is 180 Å². The summed E-state index contributed by atoms with van der Waals surface area (Å²) in [6.45, 7) is 23.8. The summed E-state index contributed by atoms with van der Waals surface area (Å²) < 4.78 is 9.40. The van der Waals surface area contributed by atoms with Gasteiger partial charge in [-0.15, -0.1) is 6.58 Å². The second-order valence-corrected chi connectivity index (χ2v) is 24.8. The summed E-state index contributed by atoms with van der Waals surface area (Å²) >= 11 is 2.88. The van der Waals surface area contributed by atoms with Gasteiger partial charge >= 0.3 is 172 Å². The summed E-state index contributed by atoms with van der Waals surface area (Å²) in [7, 11) is 0. The molecule has 1 saturated heterocycles. The number of halogens is 1. The number of hydrogen-bond donors (Lipinski definition) is 0. The van der Waals surface area contributed by atoms with Crippen LogP contribution in [0.5, 0.6) is 0 Å². The van der Waals surface area contributed by atoms with Gasteiger partial charge in [0.1, 0.15) is 0 Å². The van der Waals surface area contributed by atoms with Gasteiger partial charge in [-0.2, -0.15) is 0 Å². The van der Waals surface area contributed by atoms with Gasteiger partial charge in [-0.25, -0.2) is 0 Å². The van der Waals surface area contributed by atoms with Gasteiger partial charge in [0, 0.05) is 5.92 Å². The van der Waals surface area contributed by atoms with Crippen molar-refractivity contribution in [3.63, 3.8) is 0 Å². The molecule has 246 valence electrons. The average Bonchev–Trinajstić information content (AvgIpc) is 3.35. The minimum atomic E-state index is -2.59. The topological polar surface area (TPSA) is 18.5 Å². The molecule has 0 spiro atoms. The summed E-state index contributed by atoms with van der Waals surface area (Å²) in [6.07, 6.45) is 8.74. The second kappa shape index (κ2) is 16.4. The van der Waals surface area contributed by atoms with Crippen molar-refractivity contribution in [1.29, 1.82) is 0 Å². The number of allylic oxidation sites excluding steroid dienone is 1. The molecule has 5 atom stereocenters. The second-order valence-electron chi connectivity index (χ2n) is 14.1. The van der Waals surface area contributed by atoms with Gasteiger partial charge < -0.3 is 9.47 Å². The van der Waals surface area contributed by atoms with E-state index in [1.807, 2.05) is 19.9 Å². The molecule has 1 aliphatic heterocycles. The van der Waals surface area contributed by atoms with E-state index in [4.69, 9.17) is 9.47 Å². The molecule has 45 heavy (non-hydrogen) atoms. The van der Waals surface area contributed by atoms with E-state index < -0.39 is 10.0 Å². The zero-order valence-electron chi connectivity index (χ0n) is 29.2. The maximum atomic E-state index is 6.05. The van der Waals surface area contributed by atoms with Crippen molar-refractivity contribution in [2.24, 2.45) is 29.6 Å². The SMILES string of the molecule is C=CC[C@@H]1OC(C)(C)O[C@@H]1[C@H](C)/C=C\[C@@H](C)C(C)C.CC(C)[C@H](C)CP(I)(c1ccccc1)(c1ccccc1)c1ccccc1. The van der Waals surface area contributed by atoms with Crippen LogP contribution in [0.25, 0.3) is 0 Å². The number of hydrogen-bond acceptors (Lipinski definition) is 2. The van der Waals surface area contributed by atoms with Crippen LogP contribution < -0.4 is 15.9 Å². The fourth-order valence-corrected chi connectivity index (χ4v) is 16.2. The monoisotopic (exact) mass is 740 g/mol. The summed E-state index contributed by atoms with van der Waals surface area (Å²) in [6, 6.07) is 33.6. The minimum absolute atomic E-state index is 0.113. The van der Waals surface area contributed by atoms with Gasteiger partial charge in [0.05, 0.1) is 12.2 Å². The fourth-order valence-electron chi connectivity index (χ4n) is 6.07. The Labute approximate surface area is 288 Å². The molecule has 0 saturated carbocycles. The molecule has 1 aliphatic rings. The molecule has 4 rings (SSSR count). The molecule has 0 aliphatic carbocycles. The normalized spacial score (nSPS) is 21.0. The van der Waals surface area contributed by atoms with Gasteiger partial charge in [0.15, 0.2) is 5.79 Å². The first kappa shape index (κ1) is 37.7. The van der Waals surface area contributed by atoms with Crippen molar-refractivity contribution in [3.05, 3.63) is 116 Å². The number of ether oxygens (including phenoxy) is 2. The molecule has 3 aromatic rings. The van der Waals surface area contributed by atoms with Gasteiger partial charge in [-0.1, -0.05) is 45.9 Å². The first-order valence-corrected chi connectivity index (χ1v) is 22.0. The molecule has 0 radical (unpaired) electrons. The van der Waals surface area contributed by atoms with Crippen molar-refractivity contribution in [2.75, 3.05) is 6.16 Å². The van der Waals surface area contributed by atoms with Crippen LogP contribution in [0.3, 0.4) is 0 Å². The van der Waals surface area contributed by atoms with E-state index >= 15 is 0 Å². The molecule has 1 fully saturated rings. The van der Waals surface area contributed by atoms with E-state index in [-0.39, 0.29) is 12.2 Å². The van der Waals surface area contributed by atoms with Crippen molar-refractivity contribution in [3.8, 4) is 0 Å². The van der Waals surface area contributed by atoms with Crippen LogP contribution in [0.1, 0.15) is 68.7 Å². The Hall–Kier alpha value is -1.78. The molecule has 4 heteroatoms. The molecule has 3 aromatic carbocycles. The molecule has 0 amide bonds. The van der Waals surface area contributed by atoms with Crippen molar-refractivity contribution in [1.82, 2.24) is 0 Å². The standard InChI is InChI=1S/C24H28IP.C17H30O2/c1-20(2)21(3)19-26(25,22-13-7-4-8-14-22,23-15-9-5-10-16-23)24-17-11-6-12-18-24;1-8-9-15-16(19-17(6,7)18-15)14(5)11-10-13(4)12(2)3/h4-18,20-21H,19H2,1-3H3;8,10-16H,1,9H2,2-7H3/b;11-10-/t21-;13-,14-,15+,16-/m11/s1. The van der Waals surface area contributed by atoms with E-state index in [1.54, 1.807) is 0 Å². The quantitative estimate of drug-likeness (QED) is 0.105. The van der Waals surface area contributed by atoms with Gasteiger partial charge in [0.25, 0.3) is 0 Å². The first-order chi connectivity index (χ1) is 21.2. The Morgan fingerprint density at radius 3 is 1.53 bits per heavy atom. The summed E-state index contributed by atoms with van der Waals surface area (Å²) in [5.74, 6) is 2.42. The molecule has 2 nitrogen and oxygen atoms in total. The van der Waals surface area contributed by atoms with E-state index in [0.29, 0.717) is 29.6 Å². The summed E-state index contributed by atoms with van der Waals surface area (Å²) in [5, 5.41) is 4.43. The van der Waals surface area contributed by atoms with Gasteiger partial charge in [0.2, 0.25) is 0 Å². The zero-order chi connectivity index (χ0) is 33.3. The van der Waals surface area contributed by atoms with Crippen LogP contribution in [0.15, 0.2) is 116 Å². The Balaban J connectivity index is 0.000000259. The predicted octanol–water partition coefficient (Wildman–Crippen LogP) is 10.7. The van der Waals surface area contributed by atoms with Crippen molar-refractivity contribution < 1.29 is 9.47 Å². The Kier molecular flexibility index (Phi) is 13.7. The zero-order valence-corrected chi connectivity index (χ0v) is 32.2. The molecular weight excluding hydrogens is 682 g/mol.